The molecule has 170 valence electrons. The van der Waals surface area contributed by atoms with E-state index in [0.29, 0.717) is 28.2 Å². The first-order chi connectivity index (χ1) is 15.2. The van der Waals surface area contributed by atoms with Crippen LogP contribution in [0.3, 0.4) is 0 Å². The first kappa shape index (κ1) is 21.7. The molecule has 0 spiro atoms. The number of aromatic hydroxyl groups is 2. The highest BCUT2D eigenvalue weighted by Gasteiger charge is 2.53. The van der Waals surface area contributed by atoms with Crippen LogP contribution in [0.25, 0.3) is 0 Å². The Labute approximate surface area is 183 Å². The number of phenols is 2. The number of hydrogen-bond acceptors (Lipinski definition) is 8. The summed E-state index contributed by atoms with van der Waals surface area (Å²) in [6.45, 7) is 3.08. The number of ether oxygens (including phenoxy) is 4. The van der Waals surface area contributed by atoms with Crippen LogP contribution in [0.5, 0.6) is 28.7 Å². The van der Waals surface area contributed by atoms with E-state index < -0.39 is 35.6 Å². The summed E-state index contributed by atoms with van der Waals surface area (Å²) < 4.78 is 36.4. The van der Waals surface area contributed by atoms with Gasteiger partial charge in [0.05, 0.1) is 19.6 Å². The molecule has 0 radical (unpaired) electrons. The lowest BCUT2D eigenvalue weighted by molar-refractivity contribution is -0.141. The number of rotatable bonds is 2. The molecule has 0 saturated carbocycles. The molecule has 2 aromatic rings. The highest BCUT2D eigenvalue weighted by molar-refractivity contribution is 5.79. The van der Waals surface area contributed by atoms with Gasteiger partial charge in [-0.25, -0.2) is 4.39 Å². The van der Waals surface area contributed by atoms with Gasteiger partial charge in [-0.1, -0.05) is 0 Å². The maximum atomic E-state index is 15.3. The number of Topliss-reactive ketones (excluding diaryl/α,β-unsaturated/α-hetero) is 1. The molecule has 8 nitrogen and oxygen atoms in total. The molecule has 2 aromatic carbocycles. The van der Waals surface area contributed by atoms with Gasteiger partial charge in [-0.05, 0) is 54.8 Å². The van der Waals surface area contributed by atoms with E-state index in [-0.39, 0.29) is 30.7 Å². The molecule has 1 aliphatic carbocycles. The molecule has 1 saturated heterocycles. The van der Waals surface area contributed by atoms with Crippen LogP contribution in [0.2, 0.25) is 0 Å². The third-order valence-electron chi connectivity index (χ3n) is 5.75. The number of alkyl halides is 1. The molecule has 2 heterocycles. The number of ketones is 1. The number of methoxy groups -OCH3 is 1. The number of cyclic esters (lactones) is 1. The summed E-state index contributed by atoms with van der Waals surface area (Å²) in [4.78, 5) is 21.9. The Morgan fingerprint density at radius 3 is 2.31 bits per heavy atom. The summed E-state index contributed by atoms with van der Waals surface area (Å²) in [6.07, 6.45) is -1.40. The van der Waals surface area contributed by atoms with E-state index in [2.05, 4.69) is 0 Å². The fourth-order valence-corrected chi connectivity index (χ4v) is 4.44. The third-order valence-corrected chi connectivity index (χ3v) is 5.75. The Balaban J connectivity index is 0.000000567. The van der Waals surface area contributed by atoms with E-state index in [0.717, 1.165) is 0 Å². The Bertz CT molecular complexity index is 1080. The van der Waals surface area contributed by atoms with Crippen LogP contribution in [0.4, 0.5) is 4.39 Å². The normalized spacial score (nSPS) is 24.6. The average Bonchev–Trinajstić information content (AvgIpc) is 3.35. The standard InChI is InChI=1S/C20H17FO7.C3H6O/c1-25-15-3-8(2-12(22)19(15)23)16-9-4-13-14(28-7-27-13)5-10(9)18(21)11-6-26-20(24)17(11)16;1-3(2)4/h2-5,11,16-18,22-23H,6-7H2,1H3;1-2H3/t11-,16+,17-,18+;/m0./s1. The van der Waals surface area contributed by atoms with Crippen LogP contribution in [0.1, 0.15) is 42.6 Å². The molecule has 0 amide bonds. The van der Waals surface area contributed by atoms with Crippen LogP contribution in [-0.2, 0) is 14.3 Å². The van der Waals surface area contributed by atoms with E-state index >= 15 is 4.39 Å². The van der Waals surface area contributed by atoms with Gasteiger partial charge in [0.15, 0.2) is 23.0 Å². The Hall–Kier alpha value is -3.49. The fraction of sp³-hybridized carbons (Fsp3) is 0.391. The van der Waals surface area contributed by atoms with Crippen molar-refractivity contribution < 1.29 is 43.1 Å². The summed E-state index contributed by atoms with van der Waals surface area (Å²) in [5, 5.41) is 20.1. The largest absolute Gasteiger partial charge is 0.504 e. The number of carbonyl (C=O) groups excluding carboxylic acids is 2. The van der Waals surface area contributed by atoms with Gasteiger partial charge in [0.1, 0.15) is 12.0 Å². The molecule has 5 rings (SSSR count). The number of esters is 1. The highest BCUT2D eigenvalue weighted by Crippen LogP contribution is 2.56. The topological polar surface area (TPSA) is 112 Å². The predicted molar refractivity (Wildman–Crippen MR) is 109 cm³/mol. The van der Waals surface area contributed by atoms with E-state index in [1.54, 1.807) is 12.1 Å². The van der Waals surface area contributed by atoms with Crippen molar-refractivity contribution in [2.24, 2.45) is 11.8 Å². The summed E-state index contributed by atoms with van der Waals surface area (Å²) >= 11 is 0. The maximum Gasteiger partial charge on any atom is 0.310 e. The number of halogens is 1. The molecule has 0 unspecified atom stereocenters. The number of hydrogen-bond donors (Lipinski definition) is 2. The van der Waals surface area contributed by atoms with Crippen molar-refractivity contribution in [3.63, 3.8) is 0 Å². The molecule has 0 aromatic heterocycles. The highest BCUT2D eigenvalue weighted by atomic mass is 19.1. The molecule has 9 heteroatoms. The molecular formula is C23H23FO8. The van der Waals surface area contributed by atoms with E-state index in [4.69, 9.17) is 18.9 Å². The maximum absolute atomic E-state index is 15.3. The molecule has 32 heavy (non-hydrogen) atoms. The van der Waals surface area contributed by atoms with Gasteiger partial charge < -0.3 is 34.0 Å². The zero-order valence-corrected chi connectivity index (χ0v) is 17.8. The van der Waals surface area contributed by atoms with Crippen molar-refractivity contribution >= 4 is 11.8 Å². The minimum Gasteiger partial charge on any atom is -0.504 e. The van der Waals surface area contributed by atoms with Crippen molar-refractivity contribution in [3.05, 3.63) is 41.0 Å². The summed E-state index contributed by atoms with van der Waals surface area (Å²) in [7, 11) is 1.36. The lowest BCUT2D eigenvalue weighted by Crippen LogP contribution is -2.33. The minimum atomic E-state index is -1.40. The first-order valence-electron chi connectivity index (χ1n) is 10.0. The molecule has 0 bridgehead atoms. The van der Waals surface area contributed by atoms with Crippen LogP contribution >= 0.6 is 0 Å². The van der Waals surface area contributed by atoms with E-state index in [9.17, 15) is 19.8 Å². The number of phenolic OH excluding ortho intramolecular Hbond substituents is 2. The monoisotopic (exact) mass is 446 g/mol. The van der Waals surface area contributed by atoms with E-state index in [1.165, 1.54) is 33.1 Å². The van der Waals surface area contributed by atoms with Gasteiger partial charge in [0.2, 0.25) is 12.5 Å². The van der Waals surface area contributed by atoms with Gasteiger partial charge >= 0.3 is 5.97 Å². The Morgan fingerprint density at radius 1 is 1.06 bits per heavy atom. The average molecular weight is 446 g/mol. The number of carbonyl (C=O) groups is 2. The lowest BCUT2D eigenvalue weighted by Gasteiger charge is -2.35. The van der Waals surface area contributed by atoms with Gasteiger partial charge in [-0.15, -0.1) is 0 Å². The second-order valence-electron chi connectivity index (χ2n) is 8.03. The smallest absolute Gasteiger partial charge is 0.310 e. The Morgan fingerprint density at radius 2 is 1.69 bits per heavy atom. The van der Waals surface area contributed by atoms with Gasteiger partial charge in [0.25, 0.3) is 0 Å². The number of fused-ring (bicyclic) bond motifs is 3. The Kier molecular flexibility index (Phi) is 5.58. The van der Waals surface area contributed by atoms with Gasteiger partial charge in [-0.3, -0.25) is 4.79 Å². The molecule has 1 fully saturated rings. The summed E-state index contributed by atoms with van der Waals surface area (Å²) in [6, 6.07) is 6.17. The lowest BCUT2D eigenvalue weighted by atomic mass is 9.66. The summed E-state index contributed by atoms with van der Waals surface area (Å²) in [5.74, 6) is -2.16. The molecular weight excluding hydrogens is 423 g/mol. The molecule has 2 aliphatic heterocycles. The number of benzene rings is 2. The first-order valence-corrected chi connectivity index (χ1v) is 10.0. The van der Waals surface area contributed by atoms with Crippen molar-refractivity contribution in [1.29, 1.82) is 0 Å². The quantitative estimate of drug-likeness (QED) is 0.534. The third kappa shape index (κ3) is 3.57. The van der Waals surface area contributed by atoms with Crippen molar-refractivity contribution in [2.45, 2.75) is 25.9 Å². The van der Waals surface area contributed by atoms with Gasteiger partial charge in [-0.2, -0.15) is 0 Å². The van der Waals surface area contributed by atoms with Gasteiger partial charge in [0, 0.05) is 11.8 Å². The minimum absolute atomic E-state index is 0.0176. The zero-order valence-electron chi connectivity index (χ0n) is 17.8. The SMILES string of the molecule is CC(C)=O.COc1cc([C@@H]2c3cc4c(cc3[C@@H](F)[C@H]3COC(=O)[C@H]23)OCO4)cc(O)c1O. The fourth-order valence-electron chi connectivity index (χ4n) is 4.44. The van der Waals surface area contributed by atoms with Crippen molar-refractivity contribution in [3.8, 4) is 28.7 Å². The second kappa shape index (κ2) is 8.22. The van der Waals surface area contributed by atoms with Crippen LogP contribution in [0.15, 0.2) is 24.3 Å². The molecule has 2 N–H and O–H groups in total. The van der Waals surface area contributed by atoms with Crippen LogP contribution in [0, 0.1) is 11.8 Å². The van der Waals surface area contributed by atoms with E-state index in [1.807, 2.05) is 0 Å². The summed E-state index contributed by atoms with van der Waals surface area (Å²) in [5.41, 5.74) is 1.47. The second-order valence-corrected chi connectivity index (χ2v) is 8.03. The predicted octanol–water partition coefficient (Wildman–Crippen LogP) is 3.38. The van der Waals surface area contributed by atoms with Crippen molar-refractivity contribution in [1.82, 2.24) is 0 Å². The molecule has 3 aliphatic rings. The van der Waals surface area contributed by atoms with Crippen molar-refractivity contribution in [2.75, 3.05) is 20.5 Å². The zero-order chi connectivity index (χ0) is 23.2. The molecule has 4 atom stereocenters. The van der Waals surface area contributed by atoms with Crippen LogP contribution in [-0.4, -0.2) is 42.5 Å². The van der Waals surface area contributed by atoms with Crippen LogP contribution < -0.4 is 14.2 Å².